The van der Waals surface area contributed by atoms with Gasteiger partial charge in [0.2, 0.25) is 0 Å². The van der Waals surface area contributed by atoms with Crippen LogP contribution in [0.4, 0.5) is 0 Å². The maximum Gasteiger partial charge on any atom is 0.309 e. The topological polar surface area (TPSA) is 78.9 Å². The van der Waals surface area contributed by atoms with Crippen molar-refractivity contribution in [2.45, 2.75) is 200 Å². The molecule has 0 aromatic heterocycles. The van der Waals surface area contributed by atoms with E-state index < -0.39 is 12.1 Å². The molecule has 6 nitrogen and oxygen atoms in total. The Morgan fingerprint density at radius 2 is 0.821 bits per heavy atom. The van der Waals surface area contributed by atoms with Crippen molar-refractivity contribution in [3.63, 3.8) is 0 Å². The largest absolute Gasteiger partial charge is 0.462 e. The molecular weight excluding hydrogens is 697 g/mol. The van der Waals surface area contributed by atoms with Crippen molar-refractivity contribution in [3.8, 4) is 0 Å². The lowest BCUT2D eigenvalue weighted by atomic mass is 10.1. The number of carbonyl (C=O) groups is 3. The predicted octanol–water partition coefficient (Wildman–Crippen LogP) is 14.5. The molecule has 0 aliphatic heterocycles. The van der Waals surface area contributed by atoms with Crippen LogP contribution in [-0.4, -0.2) is 37.2 Å². The monoisotopic (exact) mass is 779 g/mol. The summed E-state index contributed by atoms with van der Waals surface area (Å²) in [4.78, 5) is 37.6. The molecule has 0 rings (SSSR count). The molecular formula is C50H82O6. The summed E-state index contributed by atoms with van der Waals surface area (Å²) in [5.74, 6) is -1.10. The summed E-state index contributed by atoms with van der Waals surface area (Å²) < 4.78 is 16.5. The molecule has 0 fully saturated rings. The number of hydrogen-bond donors (Lipinski definition) is 0. The molecule has 0 saturated heterocycles. The molecule has 0 amide bonds. The van der Waals surface area contributed by atoms with E-state index in [2.05, 4.69) is 93.7 Å². The molecule has 0 aromatic carbocycles. The van der Waals surface area contributed by atoms with Crippen molar-refractivity contribution in [1.82, 2.24) is 0 Å². The highest BCUT2D eigenvalue weighted by Crippen LogP contribution is 2.12. The fourth-order valence-corrected chi connectivity index (χ4v) is 5.76. The van der Waals surface area contributed by atoms with E-state index in [9.17, 15) is 14.4 Å². The van der Waals surface area contributed by atoms with E-state index >= 15 is 0 Å². The number of hydrogen-bond acceptors (Lipinski definition) is 6. The van der Waals surface area contributed by atoms with Gasteiger partial charge in [-0.05, 0) is 77.0 Å². The highest BCUT2D eigenvalue weighted by molar-refractivity contribution is 5.72. The molecule has 0 saturated carbocycles. The van der Waals surface area contributed by atoms with Crippen molar-refractivity contribution >= 4 is 17.9 Å². The van der Waals surface area contributed by atoms with E-state index in [1.807, 2.05) is 6.08 Å². The summed E-state index contributed by atoms with van der Waals surface area (Å²) in [6.07, 6.45) is 56.1. The van der Waals surface area contributed by atoms with Crippen LogP contribution in [0.5, 0.6) is 0 Å². The van der Waals surface area contributed by atoms with E-state index in [4.69, 9.17) is 14.2 Å². The first kappa shape index (κ1) is 52.6. The van der Waals surface area contributed by atoms with Gasteiger partial charge in [0.15, 0.2) is 6.10 Å². The second-order valence-corrected chi connectivity index (χ2v) is 14.6. The zero-order chi connectivity index (χ0) is 40.8. The van der Waals surface area contributed by atoms with Crippen molar-refractivity contribution in [2.24, 2.45) is 0 Å². The van der Waals surface area contributed by atoms with Crippen molar-refractivity contribution in [2.75, 3.05) is 13.2 Å². The lowest BCUT2D eigenvalue weighted by molar-refractivity contribution is -0.166. The molecule has 1 atom stereocenters. The average molecular weight is 779 g/mol. The summed E-state index contributed by atoms with van der Waals surface area (Å²) >= 11 is 0. The third-order valence-electron chi connectivity index (χ3n) is 9.19. The van der Waals surface area contributed by atoms with Gasteiger partial charge in [-0.2, -0.15) is 0 Å². The van der Waals surface area contributed by atoms with Crippen LogP contribution < -0.4 is 0 Å². The van der Waals surface area contributed by atoms with Gasteiger partial charge >= 0.3 is 17.9 Å². The van der Waals surface area contributed by atoms with Crippen molar-refractivity contribution in [1.29, 1.82) is 0 Å². The molecule has 0 bridgehead atoms. The molecule has 0 heterocycles. The second kappa shape index (κ2) is 44.3. The summed E-state index contributed by atoms with van der Waals surface area (Å²) in [5, 5.41) is 0. The second-order valence-electron chi connectivity index (χ2n) is 14.6. The summed E-state index contributed by atoms with van der Waals surface area (Å²) in [7, 11) is 0. The van der Waals surface area contributed by atoms with Crippen LogP contribution in [0.25, 0.3) is 0 Å². The summed E-state index contributed by atoms with van der Waals surface area (Å²) in [6.45, 7) is 6.30. The number of allylic oxidation sites excluding steroid dienone is 13. The summed E-state index contributed by atoms with van der Waals surface area (Å²) in [6, 6.07) is 0. The van der Waals surface area contributed by atoms with Gasteiger partial charge in [0, 0.05) is 12.8 Å². The Morgan fingerprint density at radius 3 is 1.36 bits per heavy atom. The van der Waals surface area contributed by atoms with E-state index in [1.54, 1.807) is 6.08 Å². The molecule has 0 aromatic rings. The lowest BCUT2D eigenvalue weighted by Crippen LogP contribution is -2.30. The van der Waals surface area contributed by atoms with Gasteiger partial charge in [-0.25, -0.2) is 0 Å². The maximum atomic E-state index is 12.7. The molecule has 0 radical (unpaired) electrons. The van der Waals surface area contributed by atoms with Gasteiger partial charge in [-0.15, -0.1) is 0 Å². The van der Waals surface area contributed by atoms with Gasteiger partial charge in [0.1, 0.15) is 13.2 Å². The van der Waals surface area contributed by atoms with E-state index in [0.29, 0.717) is 12.8 Å². The Morgan fingerprint density at radius 1 is 0.411 bits per heavy atom. The van der Waals surface area contributed by atoms with Crippen LogP contribution in [0.15, 0.2) is 85.1 Å². The molecule has 56 heavy (non-hydrogen) atoms. The quantitative estimate of drug-likeness (QED) is 0.0203. The number of carbonyl (C=O) groups excluding carboxylic acids is 3. The van der Waals surface area contributed by atoms with Crippen LogP contribution in [-0.2, 0) is 28.6 Å². The Balaban J connectivity index is 4.44. The zero-order valence-corrected chi connectivity index (χ0v) is 36.1. The normalized spacial score (nSPS) is 12.8. The molecule has 0 N–H and O–H groups in total. The number of esters is 3. The van der Waals surface area contributed by atoms with Crippen LogP contribution in [0, 0.1) is 0 Å². The molecule has 1 unspecified atom stereocenters. The molecule has 0 aliphatic carbocycles. The van der Waals surface area contributed by atoms with Gasteiger partial charge in [0.25, 0.3) is 0 Å². The third-order valence-corrected chi connectivity index (χ3v) is 9.19. The Labute approximate surface area is 344 Å². The van der Waals surface area contributed by atoms with Gasteiger partial charge < -0.3 is 14.2 Å². The minimum absolute atomic E-state index is 0.124. The average Bonchev–Trinajstić information content (AvgIpc) is 3.19. The first-order valence-corrected chi connectivity index (χ1v) is 22.6. The first-order chi connectivity index (χ1) is 27.5. The molecule has 318 valence electrons. The Bertz CT molecular complexity index is 1120. The first-order valence-electron chi connectivity index (χ1n) is 22.6. The predicted molar refractivity (Wildman–Crippen MR) is 237 cm³/mol. The maximum absolute atomic E-state index is 12.7. The lowest BCUT2D eigenvalue weighted by Gasteiger charge is -2.18. The Hall–Kier alpha value is -3.41. The number of unbranched alkanes of at least 4 members (excludes halogenated alkanes) is 17. The van der Waals surface area contributed by atoms with E-state index in [0.717, 1.165) is 83.5 Å². The minimum atomic E-state index is -0.830. The fraction of sp³-hybridized carbons (Fsp3) is 0.660. The molecule has 6 heteroatoms. The number of rotatable bonds is 39. The third kappa shape index (κ3) is 41.7. The van der Waals surface area contributed by atoms with Crippen LogP contribution >= 0.6 is 0 Å². The standard InChI is InChI=1S/C50H82O6/c1-4-7-10-13-16-19-21-22-23-24-25-26-27-29-31-34-37-40-43-49(52)55-46-47(45-54-48(51)42-39-36-33-30-18-15-12-9-6-3)56-50(53)44-41-38-35-32-28-20-17-14-11-8-5-2/h9,12,14,17-18,20,23-26,28,30,36,39,47H,4-8,10-11,13,15-16,19,21-22,27,29,31-35,37-38,40-46H2,1-3H3/b12-9-,17-14-,24-23-,26-25-,28-20-,30-18-,39-36-. The highest BCUT2D eigenvalue weighted by Gasteiger charge is 2.19. The van der Waals surface area contributed by atoms with Crippen LogP contribution in [0.2, 0.25) is 0 Å². The SMILES string of the molecule is CC/C=C\C/C=C\C/C=C\CC(=O)OCC(COC(=O)CCCCCCC/C=C\C=C/CCCCCCCCC)OC(=O)CCCCC/C=C\C=C/CCCC. The fourth-order valence-electron chi connectivity index (χ4n) is 5.76. The van der Waals surface area contributed by atoms with E-state index in [1.165, 1.54) is 64.2 Å². The van der Waals surface area contributed by atoms with Gasteiger partial charge in [-0.1, -0.05) is 183 Å². The molecule has 0 spiro atoms. The highest BCUT2D eigenvalue weighted by atomic mass is 16.6. The Kier molecular flexibility index (Phi) is 41.6. The van der Waals surface area contributed by atoms with Crippen LogP contribution in [0.3, 0.4) is 0 Å². The van der Waals surface area contributed by atoms with E-state index in [-0.39, 0.29) is 38.0 Å². The van der Waals surface area contributed by atoms with Crippen molar-refractivity contribution < 1.29 is 28.6 Å². The smallest absolute Gasteiger partial charge is 0.309 e. The minimum Gasteiger partial charge on any atom is -0.462 e. The summed E-state index contributed by atoms with van der Waals surface area (Å²) in [5.41, 5.74) is 0. The van der Waals surface area contributed by atoms with Gasteiger partial charge in [0.05, 0.1) is 6.42 Å². The zero-order valence-electron chi connectivity index (χ0n) is 36.1. The number of ether oxygens (including phenoxy) is 3. The molecule has 0 aliphatic rings. The van der Waals surface area contributed by atoms with Gasteiger partial charge in [-0.3, -0.25) is 14.4 Å². The van der Waals surface area contributed by atoms with Crippen molar-refractivity contribution in [3.05, 3.63) is 85.1 Å². The van der Waals surface area contributed by atoms with Crippen LogP contribution in [0.1, 0.15) is 194 Å².